The van der Waals surface area contributed by atoms with E-state index in [1.165, 1.54) is 0 Å². The molecular weight excluding hydrogens is 272 g/mol. The van der Waals surface area contributed by atoms with Crippen molar-refractivity contribution < 1.29 is 14.1 Å². The third-order valence-electron chi connectivity index (χ3n) is 3.71. The van der Waals surface area contributed by atoms with Crippen LogP contribution in [0, 0.1) is 6.92 Å². The van der Waals surface area contributed by atoms with Crippen molar-refractivity contribution in [3.63, 3.8) is 0 Å². The molecule has 21 heavy (non-hydrogen) atoms. The molecule has 2 heterocycles. The molecule has 3 amide bonds. The Hall–Kier alpha value is -2.05. The molecule has 0 bridgehead atoms. The Morgan fingerprint density at radius 2 is 2.19 bits per heavy atom. The lowest BCUT2D eigenvalue weighted by Gasteiger charge is -2.29. The number of hydrogen-bond acceptors (Lipinski definition) is 4. The number of hydrogen-bond donors (Lipinski definition) is 1. The third-order valence-corrected chi connectivity index (χ3v) is 3.71. The molecule has 0 unspecified atom stereocenters. The fraction of sp³-hybridized carbons (Fsp3) is 0.643. The van der Waals surface area contributed by atoms with Crippen LogP contribution in [0.25, 0.3) is 0 Å². The SMILES string of the molecule is CCN(CC)C(=O)N1CCC[C@H]1C(=O)Nc1cc(C)on1. The second kappa shape index (κ2) is 6.60. The lowest BCUT2D eigenvalue weighted by molar-refractivity contribution is -0.119. The van der Waals surface area contributed by atoms with Crippen molar-refractivity contribution in [2.45, 2.75) is 39.7 Å². The van der Waals surface area contributed by atoms with Crippen LogP contribution in [-0.4, -0.2) is 52.6 Å². The molecule has 1 saturated heterocycles. The minimum atomic E-state index is -0.435. The van der Waals surface area contributed by atoms with E-state index >= 15 is 0 Å². The molecule has 7 heteroatoms. The van der Waals surface area contributed by atoms with Crippen LogP contribution < -0.4 is 5.32 Å². The first-order valence-corrected chi connectivity index (χ1v) is 7.36. The molecule has 1 aliphatic rings. The summed E-state index contributed by atoms with van der Waals surface area (Å²) in [4.78, 5) is 28.1. The zero-order valence-electron chi connectivity index (χ0n) is 12.8. The highest BCUT2D eigenvalue weighted by Crippen LogP contribution is 2.21. The largest absolute Gasteiger partial charge is 0.360 e. The number of anilines is 1. The van der Waals surface area contributed by atoms with Gasteiger partial charge in [0.1, 0.15) is 11.8 Å². The van der Waals surface area contributed by atoms with E-state index in [0.717, 1.165) is 6.42 Å². The molecule has 1 aromatic rings. The average Bonchev–Trinajstić information content (AvgIpc) is 3.09. The summed E-state index contributed by atoms with van der Waals surface area (Å²) in [5.74, 6) is 0.814. The van der Waals surface area contributed by atoms with Gasteiger partial charge in [-0.2, -0.15) is 0 Å². The minimum absolute atomic E-state index is 0.0750. The number of nitrogens with zero attached hydrogens (tertiary/aromatic N) is 3. The Kier molecular flexibility index (Phi) is 4.82. The Morgan fingerprint density at radius 1 is 1.48 bits per heavy atom. The first-order chi connectivity index (χ1) is 10.1. The lowest BCUT2D eigenvalue weighted by Crippen LogP contribution is -2.49. The fourth-order valence-corrected chi connectivity index (χ4v) is 2.58. The van der Waals surface area contributed by atoms with Gasteiger partial charge in [0.05, 0.1) is 0 Å². The second-order valence-corrected chi connectivity index (χ2v) is 5.12. The van der Waals surface area contributed by atoms with Gasteiger partial charge in [-0.1, -0.05) is 5.16 Å². The normalized spacial score (nSPS) is 17.9. The maximum absolute atomic E-state index is 12.4. The van der Waals surface area contributed by atoms with E-state index in [2.05, 4.69) is 10.5 Å². The molecule has 2 rings (SSSR count). The first kappa shape index (κ1) is 15.3. The number of amides is 3. The number of urea groups is 1. The van der Waals surface area contributed by atoms with Gasteiger partial charge in [0, 0.05) is 25.7 Å². The van der Waals surface area contributed by atoms with Crippen molar-refractivity contribution in [2.24, 2.45) is 0 Å². The van der Waals surface area contributed by atoms with Crippen molar-refractivity contribution in [3.05, 3.63) is 11.8 Å². The highest BCUT2D eigenvalue weighted by atomic mass is 16.5. The van der Waals surface area contributed by atoms with E-state index in [4.69, 9.17) is 4.52 Å². The van der Waals surface area contributed by atoms with Crippen LogP contribution in [0.15, 0.2) is 10.6 Å². The van der Waals surface area contributed by atoms with Crippen LogP contribution in [0.1, 0.15) is 32.4 Å². The van der Waals surface area contributed by atoms with Gasteiger partial charge in [-0.05, 0) is 33.6 Å². The molecule has 0 aliphatic carbocycles. The van der Waals surface area contributed by atoms with Gasteiger partial charge < -0.3 is 19.6 Å². The maximum Gasteiger partial charge on any atom is 0.320 e. The van der Waals surface area contributed by atoms with Gasteiger partial charge in [0.25, 0.3) is 0 Å². The molecule has 116 valence electrons. The van der Waals surface area contributed by atoms with Gasteiger partial charge >= 0.3 is 6.03 Å². The van der Waals surface area contributed by atoms with E-state index < -0.39 is 6.04 Å². The number of aromatic nitrogens is 1. The smallest absolute Gasteiger partial charge is 0.320 e. The Bertz CT molecular complexity index is 510. The summed E-state index contributed by atoms with van der Waals surface area (Å²) in [5, 5.41) is 6.45. The van der Waals surface area contributed by atoms with E-state index in [9.17, 15) is 9.59 Å². The second-order valence-electron chi connectivity index (χ2n) is 5.12. The minimum Gasteiger partial charge on any atom is -0.360 e. The fourth-order valence-electron chi connectivity index (χ4n) is 2.58. The summed E-state index contributed by atoms with van der Waals surface area (Å²) in [5.41, 5.74) is 0. The van der Waals surface area contributed by atoms with Crippen molar-refractivity contribution in [3.8, 4) is 0 Å². The van der Waals surface area contributed by atoms with E-state index in [1.807, 2.05) is 13.8 Å². The number of aryl methyl sites for hydroxylation is 1. The summed E-state index contributed by atoms with van der Waals surface area (Å²) >= 11 is 0. The summed E-state index contributed by atoms with van der Waals surface area (Å²) in [6.07, 6.45) is 1.51. The van der Waals surface area contributed by atoms with Crippen molar-refractivity contribution in [2.75, 3.05) is 25.0 Å². The van der Waals surface area contributed by atoms with Crippen LogP contribution >= 0.6 is 0 Å². The third kappa shape index (κ3) is 3.34. The van der Waals surface area contributed by atoms with Gasteiger partial charge in [-0.15, -0.1) is 0 Å². The van der Waals surface area contributed by atoms with Crippen LogP contribution in [-0.2, 0) is 4.79 Å². The van der Waals surface area contributed by atoms with Crippen molar-refractivity contribution >= 4 is 17.8 Å². The van der Waals surface area contributed by atoms with E-state index in [-0.39, 0.29) is 11.9 Å². The molecule has 0 spiro atoms. The number of carbonyl (C=O) groups is 2. The summed E-state index contributed by atoms with van der Waals surface area (Å²) < 4.78 is 4.92. The molecule has 1 aromatic heterocycles. The highest BCUT2D eigenvalue weighted by Gasteiger charge is 2.35. The molecular formula is C14H22N4O3. The quantitative estimate of drug-likeness (QED) is 0.919. The van der Waals surface area contributed by atoms with Gasteiger partial charge in [-0.3, -0.25) is 4.79 Å². The molecule has 0 aromatic carbocycles. The molecule has 0 radical (unpaired) electrons. The zero-order chi connectivity index (χ0) is 15.4. The Labute approximate surface area is 124 Å². The molecule has 1 aliphatic heterocycles. The average molecular weight is 294 g/mol. The van der Waals surface area contributed by atoms with Crippen LogP contribution in [0.2, 0.25) is 0 Å². The molecule has 0 saturated carbocycles. The van der Waals surface area contributed by atoms with Crippen molar-refractivity contribution in [1.29, 1.82) is 0 Å². The monoisotopic (exact) mass is 294 g/mol. The molecule has 7 nitrogen and oxygen atoms in total. The number of likely N-dealkylation sites (tertiary alicyclic amines) is 1. The van der Waals surface area contributed by atoms with Crippen LogP contribution in [0.5, 0.6) is 0 Å². The Morgan fingerprint density at radius 3 is 2.76 bits per heavy atom. The molecule has 1 fully saturated rings. The highest BCUT2D eigenvalue weighted by molar-refractivity contribution is 5.96. The molecule has 1 atom stereocenters. The summed E-state index contributed by atoms with van der Waals surface area (Å²) in [6.45, 7) is 7.53. The van der Waals surface area contributed by atoms with E-state index in [1.54, 1.807) is 22.8 Å². The lowest BCUT2D eigenvalue weighted by atomic mass is 10.2. The van der Waals surface area contributed by atoms with Gasteiger partial charge in [0.2, 0.25) is 5.91 Å². The number of carbonyl (C=O) groups excluding carboxylic acids is 2. The Balaban J connectivity index is 2.03. The van der Waals surface area contributed by atoms with Crippen LogP contribution in [0.3, 0.4) is 0 Å². The number of nitrogens with one attached hydrogen (secondary N) is 1. The predicted octanol–water partition coefficient (Wildman–Crippen LogP) is 1.85. The zero-order valence-corrected chi connectivity index (χ0v) is 12.8. The summed E-state index contributed by atoms with van der Waals surface area (Å²) in [7, 11) is 0. The summed E-state index contributed by atoms with van der Waals surface area (Å²) in [6, 6.07) is 1.15. The van der Waals surface area contributed by atoms with Crippen molar-refractivity contribution in [1.82, 2.24) is 15.0 Å². The van der Waals surface area contributed by atoms with Gasteiger partial charge in [0.15, 0.2) is 5.82 Å². The standard InChI is InChI=1S/C14H22N4O3/c1-4-17(5-2)14(20)18-8-6-7-11(18)13(19)15-12-9-10(3)21-16-12/h9,11H,4-8H2,1-3H3,(H,15,16,19)/t11-/m0/s1. The molecule has 1 N–H and O–H groups in total. The maximum atomic E-state index is 12.4. The van der Waals surface area contributed by atoms with Gasteiger partial charge in [-0.25, -0.2) is 4.79 Å². The topological polar surface area (TPSA) is 78.7 Å². The first-order valence-electron chi connectivity index (χ1n) is 7.36. The number of rotatable bonds is 4. The van der Waals surface area contributed by atoms with Crippen LogP contribution in [0.4, 0.5) is 10.6 Å². The predicted molar refractivity (Wildman–Crippen MR) is 77.9 cm³/mol. The van der Waals surface area contributed by atoms with E-state index in [0.29, 0.717) is 37.6 Å².